The van der Waals surface area contributed by atoms with Crippen LogP contribution in [-0.2, 0) is 4.79 Å². The maximum Gasteiger partial charge on any atom is 0.222 e. The van der Waals surface area contributed by atoms with E-state index < -0.39 is 14.3 Å². The van der Waals surface area contributed by atoms with Crippen molar-refractivity contribution >= 4 is 14.1 Å². The number of hydrogen-bond acceptors (Lipinski definition) is 2. The molecule has 3 nitrogen and oxygen atoms in total. The van der Waals surface area contributed by atoms with Crippen LogP contribution in [0.15, 0.2) is 12.7 Å². The molecule has 0 aliphatic carbocycles. The average molecular weight is 298 g/mol. The molecule has 4 heteroatoms. The number of β-lactam (4-membered cyclic amide) rings is 1. The lowest BCUT2D eigenvalue weighted by Crippen LogP contribution is -2.77. The zero-order valence-electron chi connectivity index (χ0n) is 14.3. The Kier molecular flexibility index (Phi) is 4.35. The van der Waals surface area contributed by atoms with E-state index in [1.807, 2.05) is 6.08 Å². The minimum Gasteiger partial charge on any atom is -0.393 e. The second kappa shape index (κ2) is 4.99. The van der Waals surface area contributed by atoms with E-state index in [1.54, 1.807) is 6.92 Å². The lowest BCUT2D eigenvalue weighted by molar-refractivity contribution is -0.161. The maximum atomic E-state index is 12.6. The Hall–Kier alpha value is -0.613. The second-order valence-electron chi connectivity index (χ2n) is 8.25. The van der Waals surface area contributed by atoms with Gasteiger partial charge in [-0.2, -0.15) is 0 Å². The lowest BCUT2D eigenvalue weighted by atomic mass is 9.70. The molecule has 0 saturated carbocycles. The molecule has 0 bridgehead atoms. The van der Waals surface area contributed by atoms with Crippen LogP contribution in [-0.4, -0.2) is 36.0 Å². The summed E-state index contributed by atoms with van der Waals surface area (Å²) in [6, 6.07) is 0.0494. The summed E-state index contributed by atoms with van der Waals surface area (Å²) in [7, 11) is -1.94. The fraction of sp³-hybridized carbons (Fsp3) is 0.812. The third-order valence-corrected chi connectivity index (χ3v) is 10.8. The summed E-state index contributed by atoms with van der Waals surface area (Å²) in [5, 5.41) is 10.1. The van der Waals surface area contributed by atoms with Gasteiger partial charge in [0.15, 0.2) is 8.24 Å². The Morgan fingerprint density at radius 3 is 2.05 bits per heavy atom. The quantitative estimate of drug-likeness (QED) is 0.491. The highest BCUT2D eigenvalue weighted by atomic mass is 28.3. The van der Waals surface area contributed by atoms with Gasteiger partial charge in [0.05, 0.1) is 12.0 Å². The first kappa shape index (κ1) is 17.4. The molecule has 1 N–H and O–H groups in total. The monoisotopic (exact) mass is 297 g/mol. The molecule has 1 amide bonds. The third kappa shape index (κ3) is 2.48. The molecule has 0 radical (unpaired) electrons. The van der Waals surface area contributed by atoms with Gasteiger partial charge >= 0.3 is 0 Å². The molecule has 1 aliphatic rings. The highest BCUT2D eigenvalue weighted by molar-refractivity contribution is 6.80. The van der Waals surface area contributed by atoms with Crippen molar-refractivity contribution in [1.29, 1.82) is 0 Å². The summed E-state index contributed by atoms with van der Waals surface area (Å²) in [4.78, 5) is 12.6. The van der Waals surface area contributed by atoms with E-state index in [0.29, 0.717) is 0 Å². The van der Waals surface area contributed by atoms with Crippen molar-refractivity contribution in [3.05, 3.63) is 12.7 Å². The first-order valence-electron chi connectivity index (χ1n) is 7.44. The number of rotatable bonds is 4. The van der Waals surface area contributed by atoms with E-state index in [4.69, 9.17) is 0 Å². The van der Waals surface area contributed by atoms with E-state index in [9.17, 15) is 9.90 Å². The molecule has 0 spiro atoms. The fourth-order valence-electron chi connectivity index (χ4n) is 2.88. The third-order valence-electron chi connectivity index (χ3n) is 5.39. The van der Waals surface area contributed by atoms with Gasteiger partial charge in [-0.15, -0.1) is 6.58 Å². The number of amides is 1. The summed E-state index contributed by atoms with van der Waals surface area (Å²) < 4.78 is 2.10. The molecule has 1 aliphatic heterocycles. The van der Waals surface area contributed by atoms with E-state index in [-0.39, 0.29) is 28.3 Å². The Labute approximate surface area is 125 Å². The van der Waals surface area contributed by atoms with E-state index in [0.717, 1.165) is 0 Å². The van der Waals surface area contributed by atoms with E-state index in [2.05, 4.69) is 58.9 Å². The van der Waals surface area contributed by atoms with Gasteiger partial charge in [-0.3, -0.25) is 4.79 Å². The van der Waals surface area contributed by atoms with E-state index >= 15 is 0 Å². The molecule has 1 saturated heterocycles. The van der Waals surface area contributed by atoms with Crippen molar-refractivity contribution in [2.75, 3.05) is 0 Å². The van der Waals surface area contributed by atoms with Crippen LogP contribution in [0.3, 0.4) is 0 Å². The molecule has 3 unspecified atom stereocenters. The van der Waals surface area contributed by atoms with Crippen LogP contribution in [0.2, 0.25) is 18.1 Å². The molecular weight excluding hydrogens is 266 g/mol. The van der Waals surface area contributed by atoms with Crippen LogP contribution in [0.5, 0.6) is 0 Å². The number of hydrogen-bond donors (Lipinski definition) is 1. The van der Waals surface area contributed by atoms with Crippen molar-refractivity contribution in [1.82, 2.24) is 4.57 Å². The molecule has 1 heterocycles. The lowest BCUT2D eigenvalue weighted by Gasteiger charge is -2.62. The highest BCUT2D eigenvalue weighted by Gasteiger charge is 2.61. The van der Waals surface area contributed by atoms with Crippen LogP contribution in [0.25, 0.3) is 0 Å². The van der Waals surface area contributed by atoms with Gasteiger partial charge in [0.1, 0.15) is 0 Å². The number of carbonyl (C=O) groups is 1. The first-order valence-corrected chi connectivity index (χ1v) is 10.4. The summed E-state index contributed by atoms with van der Waals surface area (Å²) in [5.41, 5.74) is -0.189. The second-order valence-corrected chi connectivity index (χ2v) is 13.4. The SMILES string of the molecule is C=CC(C)(C)C1C(C(C)O)C(=O)N1[Si](C)(C)C(C)(C)C. The predicted octanol–water partition coefficient (Wildman–Crippen LogP) is 3.41. The number of aliphatic hydroxyl groups excluding tert-OH is 1. The predicted molar refractivity (Wildman–Crippen MR) is 87.0 cm³/mol. The normalized spacial score (nSPS) is 26.2. The van der Waals surface area contributed by atoms with Gasteiger partial charge in [-0.25, -0.2) is 0 Å². The molecule has 1 rings (SSSR count). The van der Waals surface area contributed by atoms with Crippen molar-refractivity contribution in [3.63, 3.8) is 0 Å². The van der Waals surface area contributed by atoms with Gasteiger partial charge in [-0.1, -0.05) is 53.8 Å². The standard InChI is InChI=1S/C16H31NO2Si/c1-10-16(6,7)13-12(11(2)18)14(19)17(13)20(8,9)15(3,4)5/h10-13,18H,1H2,2-9H3. The van der Waals surface area contributed by atoms with Crippen LogP contribution < -0.4 is 0 Å². The minimum absolute atomic E-state index is 0.0494. The highest BCUT2D eigenvalue weighted by Crippen LogP contribution is 2.50. The van der Waals surface area contributed by atoms with Gasteiger partial charge < -0.3 is 9.67 Å². The smallest absolute Gasteiger partial charge is 0.222 e. The number of carbonyl (C=O) groups excluding carboxylic acids is 1. The average Bonchev–Trinajstić information content (AvgIpc) is 2.22. The van der Waals surface area contributed by atoms with Crippen LogP contribution in [0, 0.1) is 11.3 Å². The molecule has 0 aromatic heterocycles. The molecule has 3 atom stereocenters. The Morgan fingerprint density at radius 1 is 1.30 bits per heavy atom. The Bertz CT molecular complexity index is 407. The number of aliphatic hydroxyl groups is 1. The molecule has 1 fully saturated rings. The largest absolute Gasteiger partial charge is 0.393 e. The Balaban J connectivity index is 3.27. The molecule has 0 aromatic rings. The van der Waals surface area contributed by atoms with Gasteiger partial charge in [0.2, 0.25) is 5.91 Å². The summed E-state index contributed by atoms with van der Waals surface area (Å²) in [6.07, 6.45) is 1.31. The van der Waals surface area contributed by atoms with Crippen molar-refractivity contribution in [2.45, 2.75) is 71.8 Å². The molecule has 20 heavy (non-hydrogen) atoms. The van der Waals surface area contributed by atoms with Gasteiger partial charge in [0, 0.05) is 11.5 Å². The number of nitrogens with zero attached hydrogens (tertiary/aromatic N) is 1. The zero-order chi connectivity index (χ0) is 16.1. The first-order chi connectivity index (χ1) is 8.79. The van der Waals surface area contributed by atoms with Crippen molar-refractivity contribution < 1.29 is 9.90 Å². The molecule has 0 aromatic carbocycles. The molecular formula is C16H31NO2Si. The maximum absolute atomic E-state index is 12.6. The van der Waals surface area contributed by atoms with Crippen molar-refractivity contribution in [3.8, 4) is 0 Å². The van der Waals surface area contributed by atoms with Crippen LogP contribution >= 0.6 is 0 Å². The molecule has 116 valence electrons. The minimum atomic E-state index is -1.94. The van der Waals surface area contributed by atoms with E-state index in [1.165, 1.54) is 0 Å². The topological polar surface area (TPSA) is 40.5 Å². The van der Waals surface area contributed by atoms with Crippen molar-refractivity contribution in [2.24, 2.45) is 11.3 Å². The zero-order valence-corrected chi connectivity index (χ0v) is 15.3. The van der Waals surface area contributed by atoms with Gasteiger partial charge in [-0.05, 0) is 12.0 Å². The summed E-state index contributed by atoms with van der Waals surface area (Å²) in [6.45, 7) is 21.0. The Morgan fingerprint density at radius 2 is 1.75 bits per heavy atom. The van der Waals surface area contributed by atoms with Crippen LogP contribution in [0.4, 0.5) is 0 Å². The van der Waals surface area contributed by atoms with Gasteiger partial charge in [0.25, 0.3) is 0 Å². The summed E-state index contributed by atoms with van der Waals surface area (Å²) in [5.74, 6) is -0.177. The summed E-state index contributed by atoms with van der Waals surface area (Å²) >= 11 is 0. The van der Waals surface area contributed by atoms with Crippen LogP contribution in [0.1, 0.15) is 41.5 Å². The fourth-order valence-corrected chi connectivity index (χ4v) is 5.49.